The Balaban J connectivity index is 2.01. The van der Waals surface area contributed by atoms with Crippen LogP contribution in [0.1, 0.15) is 59.3 Å². The fraction of sp³-hybridized carbons (Fsp3) is 0.941. The summed E-state index contributed by atoms with van der Waals surface area (Å²) in [6, 6.07) is 0.592. The molecule has 0 aromatic carbocycles. The second kappa shape index (κ2) is 6.25. The summed E-state index contributed by atoms with van der Waals surface area (Å²) in [5.74, 6) is 0.257. The molecule has 0 saturated heterocycles. The Bertz CT molecular complexity index is 368. The molecule has 2 saturated carbocycles. The first-order chi connectivity index (χ1) is 9.81. The Morgan fingerprint density at radius 1 is 1.29 bits per heavy atom. The highest BCUT2D eigenvalue weighted by Crippen LogP contribution is 2.41. The number of nitrogens with two attached hydrogens (primary N) is 1. The van der Waals surface area contributed by atoms with E-state index in [0.717, 1.165) is 25.9 Å². The molecular weight excluding hydrogens is 262 g/mol. The molecule has 0 radical (unpaired) electrons. The van der Waals surface area contributed by atoms with Crippen LogP contribution in [0.4, 0.5) is 0 Å². The van der Waals surface area contributed by atoms with E-state index in [1.54, 1.807) is 0 Å². The van der Waals surface area contributed by atoms with E-state index < -0.39 is 5.54 Å². The summed E-state index contributed by atoms with van der Waals surface area (Å²) >= 11 is 0. The van der Waals surface area contributed by atoms with E-state index in [0.29, 0.717) is 17.4 Å². The first-order valence-electron chi connectivity index (χ1n) is 8.56. The Morgan fingerprint density at radius 2 is 1.86 bits per heavy atom. The van der Waals surface area contributed by atoms with E-state index in [2.05, 4.69) is 38.0 Å². The normalized spacial score (nSPS) is 25.8. The Hall–Kier alpha value is -0.610. The smallest absolute Gasteiger partial charge is 0.239 e. The van der Waals surface area contributed by atoms with Crippen molar-refractivity contribution in [2.45, 2.75) is 70.9 Å². The Kier molecular flexibility index (Phi) is 4.99. The lowest BCUT2D eigenvalue weighted by Crippen LogP contribution is -2.63. The lowest BCUT2D eigenvalue weighted by atomic mass is 9.75. The van der Waals surface area contributed by atoms with Crippen LogP contribution in [-0.2, 0) is 4.79 Å². The summed E-state index contributed by atoms with van der Waals surface area (Å²) in [7, 11) is 2.17. The van der Waals surface area contributed by atoms with Crippen LogP contribution < -0.4 is 11.1 Å². The molecule has 2 aliphatic rings. The average molecular weight is 295 g/mol. The minimum Gasteiger partial charge on any atom is -0.368 e. The standard InChI is InChI=1S/C17H33N3O/c1-5-19-17(15(18)21,13-6-7-13)12-20(4)14-8-10-16(2,3)11-9-14/h13-14,19H,5-12H2,1-4H3,(H2,18,21). The molecule has 0 aromatic rings. The molecule has 1 atom stereocenters. The van der Waals surface area contributed by atoms with Crippen molar-refractivity contribution in [3.63, 3.8) is 0 Å². The molecule has 0 heterocycles. The maximum atomic E-state index is 12.1. The fourth-order valence-electron chi connectivity index (χ4n) is 3.93. The topological polar surface area (TPSA) is 58.4 Å². The zero-order chi connectivity index (χ0) is 15.7. The molecule has 0 spiro atoms. The number of nitrogens with zero attached hydrogens (tertiary/aromatic N) is 1. The minimum atomic E-state index is -0.517. The van der Waals surface area contributed by atoms with Gasteiger partial charge in [0.1, 0.15) is 5.54 Å². The molecule has 0 aliphatic heterocycles. The summed E-state index contributed by atoms with van der Waals surface area (Å²) in [4.78, 5) is 14.5. The van der Waals surface area contributed by atoms with Gasteiger partial charge in [-0.2, -0.15) is 0 Å². The molecule has 3 N–H and O–H groups in total. The van der Waals surface area contributed by atoms with Gasteiger partial charge < -0.3 is 16.0 Å². The summed E-state index contributed by atoms with van der Waals surface area (Å²) in [5.41, 5.74) is 5.76. The zero-order valence-corrected chi connectivity index (χ0v) is 14.2. The molecule has 0 bridgehead atoms. The first-order valence-corrected chi connectivity index (χ1v) is 8.56. The zero-order valence-electron chi connectivity index (χ0n) is 14.2. The van der Waals surface area contributed by atoms with Gasteiger partial charge in [0.15, 0.2) is 0 Å². The lowest BCUT2D eigenvalue weighted by Gasteiger charge is -2.42. The molecule has 122 valence electrons. The molecule has 4 nitrogen and oxygen atoms in total. The summed E-state index contributed by atoms with van der Waals surface area (Å²) in [6.07, 6.45) is 7.26. The molecular formula is C17H33N3O. The van der Waals surface area contributed by atoms with Gasteiger partial charge in [-0.05, 0) is 63.5 Å². The maximum absolute atomic E-state index is 12.1. The van der Waals surface area contributed by atoms with Crippen LogP contribution in [0.2, 0.25) is 0 Å². The molecule has 1 unspecified atom stereocenters. The molecule has 0 aromatic heterocycles. The fourth-order valence-corrected chi connectivity index (χ4v) is 3.93. The Morgan fingerprint density at radius 3 is 2.29 bits per heavy atom. The largest absolute Gasteiger partial charge is 0.368 e. The summed E-state index contributed by atoms with van der Waals surface area (Å²) < 4.78 is 0. The van der Waals surface area contributed by atoms with E-state index in [9.17, 15) is 4.79 Å². The summed E-state index contributed by atoms with van der Waals surface area (Å²) in [5, 5.41) is 3.43. The minimum absolute atomic E-state index is 0.171. The Labute approximate surface area is 129 Å². The van der Waals surface area contributed by atoms with Crippen LogP contribution in [-0.4, -0.2) is 42.5 Å². The van der Waals surface area contributed by atoms with Gasteiger partial charge in [0, 0.05) is 12.6 Å². The van der Waals surface area contributed by atoms with Crippen molar-refractivity contribution in [3.05, 3.63) is 0 Å². The van der Waals surface area contributed by atoms with E-state index in [1.165, 1.54) is 25.7 Å². The number of carbonyl (C=O) groups is 1. The van der Waals surface area contributed by atoms with Gasteiger partial charge in [0.25, 0.3) is 0 Å². The quantitative estimate of drug-likeness (QED) is 0.756. The third-order valence-corrected chi connectivity index (χ3v) is 5.64. The van der Waals surface area contributed by atoms with Crippen molar-refractivity contribution in [2.75, 3.05) is 20.1 Å². The summed E-state index contributed by atoms with van der Waals surface area (Å²) in [6.45, 7) is 8.33. The number of hydrogen-bond donors (Lipinski definition) is 2. The predicted octanol–water partition coefficient (Wildman–Crippen LogP) is 2.13. The second-order valence-electron chi connectivity index (χ2n) is 7.95. The van der Waals surface area contributed by atoms with Gasteiger partial charge in [-0.3, -0.25) is 4.79 Å². The van der Waals surface area contributed by atoms with E-state index in [4.69, 9.17) is 5.73 Å². The van der Waals surface area contributed by atoms with Crippen LogP contribution in [0.25, 0.3) is 0 Å². The third kappa shape index (κ3) is 3.78. The van der Waals surface area contributed by atoms with Crippen molar-refractivity contribution in [1.29, 1.82) is 0 Å². The SMILES string of the molecule is CCNC(CN(C)C1CCC(C)(C)CC1)(C(N)=O)C1CC1. The monoisotopic (exact) mass is 295 g/mol. The van der Waals surface area contributed by atoms with E-state index in [1.807, 2.05) is 0 Å². The van der Waals surface area contributed by atoms with Crippen molar-refractivity contribution in [1.82, 2.24) is 10.2 Å². The highest BCUT2D eigenvalue weighted by atomic mass is 16.1. The van der Waals surface area contributed by atoms with E-state index >= 15 is 0 Å². The van der Waals surface area contributed by atoms with Crippen molar-refractivity contribution >= 4 is 5.91 Å². The highest BCUT2D eigenvalue weighted by Gasteiger charge is 2.50. The number of amides is 1. The van der Waals surface area contributed by atoms with Gasteiger partial charge >= 0.3 is 0 Å². The van der Waals surface area contributed by atoms with Crippen LogP contribution in [0, 0.1) is 11.3 Å². The molecule has 2 rings (SSSR count). The number of primary amides is 1. The number of rotatable bonds is 7. The van der Waals surface area contributed by atoms with Crippen LogP contribution in [0.3, 0.4) is 0 Å². The van der Waals surface area contributed by atoms with Gasteiger partial charge in [-0.1, -0.05) is 20.8 Å². The van der Waals surface area contributed by atoms with Gasteiger partial charge in [-0.25, -0.2) is 0 Å². The molecule has 4 heteroatoms. The third-order valence-electron chi connectivity index (χ3n) is 5.64. The number of nitrogens with one attached hydrogen (secondary N) is 1. The molecule has 2 aliphatic carbocycles. The molecule has 2 fully saturated rings. The molecule has 21 heavy (non-hydrogen) atoms. The second-order valence-corrected chi connectivity index (χ2v) is 7.95. The van der Waals surface area contributed by atoms with Crippen molar-refractivity contribution in [2.24, 2.45) is 17.1 Å². The number of carbonyl (C=O) groups excluding carboxylic acids is 1. The highest BCUT2D eigenvalue weighted by molar-refractivity contribution is 5.86. The first kappa shape index (κ1) is 16.8. The average Bonchev–Trinajstić information content (AvgIpc) is 3.22. The van der Waals surface area contributed by atoms with Crippen LogP contribution >= 0.6 is 0 Å². The van der Waals surface area contributed by atoms with Crippen molar-refractivity contribution < 1.29 is 4.79 Å². The van der Waals surface area contributed by atoms with Gasteiger partial charge in [0.2, 0.25) is 5.91 Å². The number of likely N-dealkylation sites (N-methyl/N-ethyl adjacent to an activating group) is 2. The van der Waals surface area contributed by atoms with Crippen molar-refractivity contribution in [3.8, 4) is 0 Å². The van der Waals surface area contributed by atoms with Crippen LogP contribution in [0.5, 0.6) is 0 Å². The van der Waals surface area contributed by atoms with E-state index in [-0.39, 0.29) is 5.91 Å². The van der Waals surface area contributed by atoms with Crippen LogP contribution in [0.15, 0.2) is 0 Å². The lowest BCUT2D eigenvalue weighted by molar-refractivity contribution is -0.126. The predicted molar refractivity (Wildman–Crippen MR) is 87.0 cm³/mol. The van der Waals surface area contributed by atoms with Gasteiger partial charge in [-0.15, -0.1) is 0 Å². The maximum Gasteiger partial charge on any atom is 0.239 e. The molecule has 1 amide bonds. The number of hydrogen-bond acceptors (Lipinski definition) is 3. The van der Waals surface area contributed by atoms with Gasteiger partial charge in [0.05, 0.1) is 0 Å².